The Morgan fingerprint density at radius 3 is 2.76 bits per heavy atom. The fourth-order valence-corrected chi connectivity index (χ4v) is 3.12. The summed E-state index contributed by atoms with van der Waals surface area (Å²) >= 11 is 0. The Hall–Kier alpha value is -2.92. The lowest BCUT2D eigenvalue weighted by atomic mass is 10.2. The molecule has 8 nitrogen and oxygen atoms in total. The summed E-state index contributed by atoms with van der Waals surface area (Å²) in [7, 11) is 0. The second-order valence-corrected chi connectivity index (χ2v) is 6.51. The molecule has 0 atom stereocenters. The van der Waals surface area contributed by atoms with Crippen molar-refractivity contribution in [3.05, 3.63) is 41.9 Å². The van der Waals surface area contributed by atoms with E-state index in [1.54, 1.807) is 6.07 Å². The third-order valence-electron chi connectivity index (χ3n) is 4.60. The molecule has 1 saturated heterocycles. The van der Waals surface area contributed by atoms with Gasteiger partial charge in [-0.1, -0.05) is 0 Å². The van der Waals surface area contributed by atoms with Gasteiger partial charge in [-0.15, -0.1) is 0 Å². The van der Waals surface area contributed by atoms with Crippen molar-refractivity contribution in [2.45, 2.75) is 6.18 Å². The molecule has 3 aromatic heterocycles. The van der Waals surface area contributed by atoms with Crippen molar-refractivity contribution in [3.8, 4) is 11.5 Å². The Morgan fingerprint density at radius 1 is 1.28 bits per heavy atom. The van der Waals surface area contributed by atoms with E-state index in [0.29, 0.717) is 30.8 Å². The molecule has 0 bridgehead atoms. The molecule has 29 heavy (non-hydrogen) atoms. The first-order valence-electron chi connectivity index (χ1n) is 9.01. The van der Waals surface area contributed by atoms with Crippen LogP contribution in [0.3, 0.4) is 0 Å². The predicted molar refractivity (Wildman–Crippen MR) is 95.3 cm³/mol. The van der Waals surface area contributed by atoms with Crippen LogP contribution in [0.15, 0.2) is 35.1 Å². The first-order chi connectivity index (χ1) is 13.9. The number of amides is 1. The van der Waals surface area contributed by atoms with Gasteiger partial charge < -0.3 is 14.5 Å². The van der Waals surface area contributed by atoms with Gasteiger partial charge in [0, 0.05) is 26.2 Å². The summed E-state index contributed by atoms with van der Waals surface area (Å²) in [6, 6.07) is 3.89. The van der Waals surface area contributed by atoms with E-state index in [1.807, 2.05) is 0 Å². The lowest BCUT2D eigenvalue weighted by Crippen LogP contribution is -2.41. The molecule has 0 unspecified atom stereocenters. The quantitative estimate of drug-likeness (QED) is 0.695. The molecule has 154 valence electrons. The van der Waals surface area contributed by atoms with Crippen LogP contribution < -0.4 is 5.32 Å². The fourth-order valence-electron chi connectivity index (χ4n) is 3.12. The molecule has 0 aliphatic carbocycles. The number of fused-ring (bicyclic) bond motifs is 1. The van der Waals surface area contributed by atoms with Crippen LogP contribution in [0.2, 0.25) is 0 Å². The summed E-state index contributed by atoms with van der Waals surface area (Å²) in [5, 5.41) is 6.46. The maximum Gasteiger partial charge on any atom is 0.433 e. The van der Waals surface area contributed by atoms with E-state index in [9.17, 15) is 18.0 Å². The third-order valence-corrected chi connectivity index (χ3v) is 4.60. The molecule has 4 heterocycles. The topological polar surface area (TPSA) is 84.9 Å². The normalized spacial score (nSPS) is 15.7. The zero-order valence-corrected chi connectivity index (χ0v) is 15.3. The second-order valence-electron chi connectivity index (χ2n) is 6.51. The highest BCUT2D eigenvalue weighted by Gasteiger charge is 2.36. The minimum Gasteiger partial charge on any atom is -0.463 e. The lowest BCUT2D eigenvalue weighted by molar-refractivity contribution is -0.142. The van der Waals surface area contributed by atoms with E-state index >= 15 is 0 Å². The summed E-state index contributed by atoms with van der Waals surface area (Å²) < 4.78 is 51.6. The van der Waals surface area contributed by atoms with Crippen LogP contribution >= 0.6 is 0 Å². The first-order valence-corrected chi connectivity index (χ1v) is 9.01. The van der Waals surface area contributed by atoms with Crippen LogP contribution in [-0.2, 0) is 10.9 Å². The van der Waals surface area contributed by atoms with Crippen LogP contribution in [0.5, 0.6) is 0 Å². The first kappa shape index (κ1) is 19.4. The minimum absolute atomic E-state index is 0.0299. The van der Waals surface area contributed by atoms with Gasteiger partial charge in [-0.05, 0) is 18.2 Å². The van der Waals surface area contributed by atoms with Crippen molar-refractivity contribution in [1.29, 1.82) is 0 Å². The van der Waals surface area contributed by atoms with Gasteiger partial charge in [-0.25, -0.2) is 9.50 Å². The Kier molecular flexibility index (Phi) is 5.24. The van der Waals surface area contributed by atoms with Crippen LogP contribution in [-0.4, -0.2) is 64.8 Å². The van der Waals surface area contributed by atoms with Gasteiger partial charge in [0.15, 0.2) is 17.1 Å². The summed E-state index contributed by atoms with van der Waals surface area (Å²) in [5.74, 6) is -0.372. The van der Waals surface area contributed by atoms with Crippen LogP contribution in [0.1, 0.15) is 16.1 Å². The maximum atomic E-state index is 13.5. The largest absolute Gasteiger partial charge is 0.463 e. The monoisotopic (exact) mass is 409 g/mol. The SMILES string of the molecule is O=C(NCCN1CCOCC1)c1cnn2c(C(F)(F)F)cc(-c3ccco3)nc12. The molecule has 1 aliphatic heterocycles. The van der Waals surface area contributed by atoms with E-state index in [4.69, 9.17) is 9.15 Å². The number of aromatic nitrogens is 3. The van der Waals surface area contributed by atoms with E-state index in [-0.39, 0.29) is 22.7 Å². The number of furan rings is 1. The highest BCUT2D eigenvalue weighted by molar-refractivity contribution is 5.99. The number of carbonyl (C=O) groups excluding carboxylic acids is 1. The van der Waals surface area contributed by atoms with Crippen LogP contribution in [0.25, 0.3) is 17.1 Å². The van der Waals surface area contributed by atoms with Gasteiger partial charge >= 0.3 is 6.18 Å². The van der Waals surface area contributed by atoms with Crippen molar-refractivity contribution < 1.29 is 27.1 Å². The number of carbonyl (C=O) groups is 1. The molecule has 0 saturated carbocycles. The highest BCUT2D eigenvalue weighted by atomic mass is 19.4. The number of morpholine rings is 1. The number of nitrogens with one attached hydrogen (secondary N) is 1. The molecule has 1 amide bonds. The molecule has 1 fully saturated rings. The molecule has 11 heteroatoms. The van der Waals surface area contributed by atoms with Crippen molar-refractivity contribution in [2.24, 2.45) is 0 Å². The van der Waals surface area contributed by atoms with E-state index in [1.165, 1.54) is 12.3 Å². The summed E-state index contributed by atoms with van der Waals surface area (Å²) in [6.45, 7) is 3.79. The minimum atomic E-state index is -4.68. The maximum absolute atomic E-state index is 13.5. The van der Waals surface area contributed by atoms with Crippen molar-refractivity contribution >= 4 is 11.6 Å². The zero-order valence-electron chi connectivity index (χ0n) is 15.3. The molecular weight excluding hydrogens is 391 g/mol. The number of halogens is 3. The average Bonchev–Trinajstić information content (AvgIpc) is 3.37. The number of ether oxygens (including phenoxy) is 1. The third kappa shape index (κ3) is 4.10. The Labute approximate surface area is 163 Å². The highest BCUT2D eigenvalue weighted by Crippen LogP contribution is 2.32. The summed E-state index contributed by atoms with van der Waals surface area (Å²) in [5.41, 5.74) is -1.29. The molecule has 0 radical (unpaired) electrons. The Morgan fingerprint density at radius 2 is 2.07 bits per heavy atom. The zero-order chi connectivity index (χ0) is 20.4. The number of hydrogen-bond donors (Lipinski definition) is 1. The predicted octanol–water partition coefficient (Wildman–Crippen LogP) is 2.07. The van der Waals surface area contributed by atoms with Gasteiger partial charge in [-0.3, -0.25) is 9.69 Å². The van der Waals surface area contributed by atoms with Gasteiger partial charge in [0.25, 0.3) is 5.91 Å². The van der Waals surface area contributed by atoms with Crippen molar-refractivity contribution in [3.63, 3.8) is 0 Å². The van der Waals surface area contributed by atoms with E-state index in [0.717, 1.165) is 25.4 Å². The number of alkyl halides is 3. The second kappa shape index (κ2) is 7.84. The molecule has 1 N–H and O–H groups in total. The van der Waals surface area contributed by atoms with Gasteiger partial charge in [0.1, 0.15) is 11.3 Å². The number of rotatable bonds is 5. The van der Waals surface area contributed by atoms with Crippen molar-refractivity contribution in [1.82, 2.24) is 24.8 Å². The Bertz CT molecular complexity index is 994. The van der Waals surface area contributed by atoms with Crippen LogP contribution in [0.4, 0.5) is 13.2 Å². The smallest absolute Gasteiger partial charge is 0.433 e. The van der Waals surface area contributed by atoms with Gasteiger partial charge in [-0.2, -0.15) is 18.3 Å². The summed E-state index contributed by atoms with van der Waals surface area (Å²) in [6.07, 6.45) is -2.25. The standard InChI is InChI=1S/C18H18F3N5O3/c19-18(20,21)15-10-13(14-2-1-7-29-14)24-16-12(11-23-26(15)16)17(27)22-3-4-25-5-8-28-9-6-25/h1-2,7,10-11H,3-6,8-9H2,(H,22,27). The molecule has 4 rings (SSSR count). The number of nitrogens with zero attached hydrogens (tertiary/aromatic N) is 4. The summed E-state index contributed by atoms with van der Waals surface area (Å²) in [4.78, 5) is 18.9. The molecule has 0 spiro atoms. The Balaban J connectivity index is 1.61. The molecule has 0 aromatic carbocycles. The van der Waals surface area contributed by atoms with Crippen molar-refractivity contribution in [2.75, 3.05) is 39.4 Å². The van der Waals surface area contributed by atoms with E-state index < -0.39 is 17.8 Å². The lowest BCUT2D eigenvalue weighted by Gasteiger charge is -2.26. The van der Waals surface area contributed by atoms with Gasteiger partial charge in [0.2, 0.25) is 0 Å². The molecular formula is C18H18F3N5O3. The fraction of sp³-hybridized carbons (Fsp3) is 0.389. The van der Waals surface area contributed by atoms with E-state index in [2.05, 4.69) is 20.3 Å². The average molecular weight is 409 g/mol. The molecule has 1 aliphatic rings. The molecule has 3 aromatic rings. The van der Waals surface area contributed by atoms with Gasteiger partial charge in [0.05, 0.1) is 25.7 Å². The number of hydrogen-bond acceptors (Lipinski definition) is 6. The van der Waals surface area contributed by atoms with Crippen LogP contribution in [0, 0.1) is 0 Å².